The highest BCUT2D eigenvalue weighted by molar-refractivity contribution is 9.10. The first kappa shape index (κ1) is 14.8. The van der Waals surface area contributed by atoms with Gasteiger partial charge >= 0.3 is 6.18 Å². The molecule has 0 aliphatic carbocycles. The average molecular weight is 365 g/mol. The van der Waals surface area contributed by atoms with Gasteiger partial charge in [0.2, 0.25) is 0 Å². The van der Waals surface area contributed by atoms with Gasteiger partial charge in [0.05, 0.1) is 15.7 Å². The van der Waals surface area contributed by atoms with Crippen LogP contribution in [0.3, 0.4) is 0 Å². The fourth-order valence-corrected chi connectivity index (χ4v) is 2.63. The maximum atomic E-state index is 13.0. The topological polar surface area (TPSA) is 54.7 Å². The van der Waals surface area contributed by atoms with Crippen molar-refractivity contribution in [3.63, 3.8) is 0 Å². The van der Waals surface area contributed by atoms with E-state index in [1.54, 1.807) is 6.07 Å². The predicted octanol–water partition coefficient (Wildman–Crippen LogP) is 4.18. The van der Waals surface area contributed by atoms with Crippen LogP contribution in [0.15, 0.2) is 28.7 Å². The second-order valence-electron chi connectivity index (χ2n) is 3.87. The Morgan fingerprint density at radius 2 is 1.80 bits per heavy atom. The van der Waals surface area contributed by atoms with Crippen LogP contribution in [0, 0.1) is 11.3 Å². The summed E-state index contributed by atoms with van der Waals surface area (Å²) in [6.07, 6.45) is -4.68. The number of nitriles is 1. The molecule has 0 aliphatic heterocycles. The van der Waals surface area contributed by atoms with Gasteiger partial charge in [-0.1, -0.05) is 23.7 Å². The smallest absolute Gasteiger partial charge is 0.338 e. The molecule has 0 radical (unpaired) electrons. The molecule has 2 aromatic rings. The molecule has 2 rings (SSSR count). The van der Waals surface area contributed by atoms with E-state index in [4.69, 9.17) is 22.7 Å². The molecule has 1 heterocycles. The van der Waals surface area contributed by atoms with E-state index in [-0.39, 0.29) is 15.7 Å². The number of benzene rings is 1. The van der Waals surface area contributed by atoms with Crippen LogP contribution in [0.5, 0.6) is 0 Å². The summed E-state index contributed by atoms with van der Waals surface area (Å²) in [5, 5.41) is 9.50. The fourth-order valence-electron chi connectivity index (χ4n) is 1.81. The van der Waals surface area contributed by atoms with Crippen molar-refractivity contribution in [3.05, 3.63) is 45.0 Å². The number of hydrogen-bond acceptors (Lipinski definition) is 2. The van der Waals surface area contributed by atoms with Crippen LogP contribution in [-0.4, -0.2) is 4.68 Å². The van der Waals surface area contributed by atoms with Crippen molar-refractivity contribution in [2.24, 2.45) is 0 Å². The van der Waals surface area contributed by atoms with Crippen molar-refractivity contribution in [1.29, 1.82) is 5.26 Å². The minimum Gasteiger partial charge on any atom is -0.338 e. The van der Waals surface area contributed by atoms with E-state index in [0.29, 0.717) is 15.3 Å². The summed E-state index contributed by atoms with van der Waals surface area (Å²) in [4.78, 5) is 0. The third kappa shape index (κ3) is 2.37. The number of hydrogen-bond donors (Lipinski definition) is 1. The Morgan fingerprint density at radius 3 is 2.25 bits per heavy atom. The molecule has 3 nitrogen and oxygen atoms in total. The maximum absolute atomic E-state index is 13.0. The molecule has 0 bridgehead atoms. The maximum Gasteiger partial charge on any atom is 0.434 e. The lowest BCUT2D eigenvalue weighted by Crippen LogP contribution is -2.20. The second kappa shape index (κ2) is 5.04. The van der Waals surface area contributed by atoms with Crippen LogP contribution in [0.4, 0.5) is 13.2 Å². The standard InChI is InChI=1S/C12H6BrClF3N3/c13-9-8(5-18)10(6-1-3-7(14)4-2-6)20(19)11(9)12(15,16)17/h1-4H,19H2. The third-order valence-electron chi connectivity index (χ3n) is 2.64. The Morgan fingerprint density at radius 1 is 1.25 bits per heavy atom. The molecule has 0 saturated heterocycles. The van der Waals surface area contributed by atoms with Crippen molar-refractivity contribution in [2.45, 2.75) is 6.18 Å². The van der Waals surface area contributed by atoms with Crippen molar-refractivity contribution in [3.8, 4) is 17.3 Å². The highest BCUT2D eigenvalue weighted by atomic mass is 79.9. The summed E-state index contributed by atoms with van der Waals surface area (Å²) in [5.74, 6) is 5.52. The molecule has 1 aromatic heterocycles. The first-order chi connectivity index (χ1) is 9.27. The van der Waals surface area contributed by atoms with Gasteiger partial charge in [-0.15, -0.1) is 0 Å². The molecule has 2 N–H and O–H groups in total. The Kier molecular flexibility index (Phi) is 3.71. The van der Waals surface area contributed by atoms with Crippen molar-refractivity contribution in [1.82, 2.24) is 4.68 Å². The zero-order valence-corrected chi connectivity index (χ0v) is 12.0. The quantitative estimate of drug-likeness (QED) is 0.772. The summed E-state index contributed by atoms with van der Waals surface area (Å²) in [6.45, 7) is 0. The molecule has 8 heteroatoms. The van der Waals surface area contributed by atoms with E-state index in [9.17, 15) is 13.2 Å². The van der Waals surface area contributed by atoms with Gasteiger partial charge in [0.15, 0.2) is 5.69 Å². The van der Waals surface area contributed by atoms with Gasteiger partial charge in [-0.05, 0) is 28.1 Å². The van der Waals surface area contributed by atoms with Gasteiger partial charge in [-0.3, -0.25) is 4.68 Å². The lowest BCUT2D eigenvalue weighted by molar-refractivity contribution is -0.143. The fraction of sp³-hybridized carbons (Fsp3) is 0.0833. The number of nitrogens with two attached hydrogens (primary N) is 1. The first-order valence-corrected chi connectivity index (χ1v) is 6.37. The van der Waals surface area contributed by atoms with Crippen molar-refractivity contribution >= 4 is 27.5 Å². The Bertz CT molecular complexity index is 699. The molecule has 0 aliphatic rings. The second-order valence-corrected chi connectivity index (χ2v) is 5.10. The van der Waals surface area contributed by atoms with Crippen LogP contribution < -0.4 is 5.84 Å². The SMILES string of the molecule is N#Cc1c(Br)c(C(F)(F)F)n(N)c1-c1ccc(Cl)cc1. The highest BCUT2D eigenvalue weighted by Gasteiger charge is 2.40. The Hall–Kier alpha value is -1.65. The summed E-state index contributed by atoms with van der Waals surface area (Å²) in [5.41, 5.74) is -0.950. The summed E-state index contributed by atoms with van der Waals surface area (Å²) in [6, 6.07) is 7.73. The minimum atomic E-state index is -4.68. The summed E-state index contributed by atoms with van der Waals surface area (Å²) >= 11 is 8.52. The number of nitrogen functional groups attached to an aromatic ring is 1. The number of halogens is 5. The van der Waals surface area contributed by atoms with Crippen LogP contribution in [0.2, 0.25) is 5.02 Å². The normalized spacial score (nSPS) is 11.4. The Labute approximate surface area is 125 Å². The zero-order valence-electron chi connectivity index (χ0n) is 9.67. The molecule has 0 fully saturated rings. The summed E-state index contributed by atoms with van der Waals surface area (Å²) < 4.78 is 39.0. The predicted molar refractivity (Wildman–Crippen MR) is 72.4 cm³/mol. The van der Waals surface area contributed by atoms with E-state index in [2.05, 4.69) is 15.9 Å². The van der Waals surface area contributed by atoms with Crippen LogP contribution in [-0.2, 0) is 6.18 Å². The highest BCUT2D eigenvalue weighted by Crippen LogP contribution is 2.41. The minimum absolute atomic E-state index is 0.0247. The van der Waals surface area contributed by atoms with E-state index in [0.717, 1.165) is 0 Å². The third-order valence-corrected chi connectivity index (χ3v) is 3.67. The van der Waals surface area contributed by atoms with Crippen molar-refractivity contribution in [2.75, 3.05) is 5.84 Å². The van der Waals surface area contributed by atoms with Gasteiger partial charge in [-0.25, -0.2) is 0 Å². The molecule has 0 spiro atoms. The van der Waals surface area contributed by atoms with Crippen LogP contribution in [0.25, 0.3) is 11.3 Å². The zero-order chi connectivity index (χ0) is 15.1. The van der Waals surface area contributed by atoms with Crippen LogP contribution in [0.1, 0.15) is 11.3 Å². The van der Waals surface area contributed by atoms with E-state index >= 15 is 0 Å². The average Bonchev–Trinajstić information content (AvgIpc) is 2.60. The molecular formula is C12H6BrClF3N3. The number of nitrogens with zero attached hydrogens (tertiary/aromatic N) is 2. The van der Waals surface area contributed by atoms with Gasteiger partial charge in [0.25, 0.3) is 0 Å². The first-order valence-electron chi connectivity index (χ1n) is 5.20. The molecule has 104 valence electrons. The molecule has 0 amide bonds. The van der Waals surface area contributed by atoms with Gasteiger partial charge in [0.1, 0.15) is 6.07 Å². The van der Waals surface area contributed by atoms with E-state index in [1.807, 2.05) is 0 Å². The van der Waals surface area contributed by atoms with Gasteiger partial charge in [0, 0.05) is 10.6 Å². The van der Waals surface area contributed by atoms with Crippen LogP contribution >= 0.6 is 27.5 Å². The van der Waals surface area contributed by atoms with Crippen molar-refractivity contribution < 1.29 is 13.2 Å². The molecule has 0 unspecified atom stereocenters. The lowest BCUT2D eigenvalue weighted by Gasteiger charge is -2.10. The van der Waals surface area contributed by atoms with E-state index < -0.39 is 11.9 Å². The Balaban J connectivity index is 2.78. The monoisotopic (exact) mass is 363 g/mol. The largest absolute Gasteiger partial charge is 0.434 e. The molecule has 1 aromatic carbocycles. The molecule has 0 saturated carbocycles. The summed E-state index contributed by atoms with van der Waals surface area (Å²) in [7, 11) is 0. The molecular weight excluding hydrogens is 359 g/mol. The molecule has 0 atom stereocenters. The number of rotatable bonds is 1. The van der Waals surface area contributed by atoms with E-state index in [1.165, 1.54) is 24.3 Å². The number of aromatic nitrogens is 1. The van der Waals surface area contributed by atoms with Gasteiger partial charge in [-0.2, -0.15) is 18.4 Å². The number of alkyl halides is 3. The lowest BCUT2D eigenvalue weighted by atomic mass is 10.1. The van der Waals surface area contributed by atoms with Gasteiger partial charge < -0.3 is 5.84 Å². The molecule has 20 heavy (non-hydrogen) atoms.